The van der Waals surface area contributed by atoms with Crippen LogP contribution in [0.25, 0.3) is 10.9 Å². The number of aryl methyl sites for hydroxylation is 1. The van der Waals surface area contributed by atoms with Gasteiger partial charge in [0.25, 0.3) is 5.69 Å². The fourth-order valence-corrected chi connectivity index (χ4v) is 2.56. The van der Waals surface area contributed by atoms with E-state index in [4.69, 9.17) is 0 Å². The molecule has 0 radical (unpaired) electrons. The molecule has 8 heteroatoms. The molecule has 1 heterocycles. The molecule has 0 aliphatic rings. The second-order valence-electron chi connectivity index (χ2n) is 5.44. The summed E-state index contributed by atoms with van der Waals surface area (Å²) in [5.74, 6) is 0. The molecule has 3 rings (SSSR count). The number of nitrogens with zero attached hydrogens (tertiary/aromatic N) is 2. The van der Waals surface area contributed by atoms with Gasteiger partial charge in [0.05, 0.1) is 16.0 Å². The maximum absolute atomic E-state index is 13.1. The quantitative estimate of drug-likeness (QED) is 0.521. The maximum atomic E-state index is 13.1. The highest BCUT2D eigenvalue weighted by molar-refractivity contribution is 5.95. The lowest BCUT2D eigenvalue weighted by Gasteiger charge is -2.14. The molecule has 1 aromatic heterocycles. The van der Waals surface area contributed by atoms with Crippen molar-refractivity contribution in [3.05, 3.63) is 69.9 Å². The molecular weight excluding hydrogens is 335 g/mol. The van der Waals surface area contributed by atoms with Gasteiger partial charge < -0.3 is 5.32 Å². The monoisotopic (exact) mass is 347 g/mol. The van der Waals surface area contributed by atoms with Crippen LogP contribution in [0.1, 0.15) is 11.1 Å². The van der Waals surface area contributed by atoms with Crippen molar-refractivity contribution in [1.82, 2.24) is 4.98 Å². The van der Waals surface area contributed by atoms with Crippen LogP contribution < -0.4 is 5.32 Å². The number of para-hydroxylation sites is 1. The second-order valence-corrected chi connectivity index (χ2v) is 5.44. The van der Waals surface area contributed by atoms with Crippen LogP contribution in [-0.4, -0.2) is 9.91 Å². The summed E-state index contributed by atoms with van der Waals surface area (Å²) in [5.41, 5.74) is 0.588. The number of hydrogen-bond acceptors (Lipinski definition) is 4. The maximum Gasteiger partial charge on any atom is 0.418 e. The minimum absolute atomic E-state index is 0.0537. The molecule has 0 bridgehead atoms. The van der Waals surface area contributed by atoms with Crippen LogP contribution >= 0.6 is 0 Å². The van der Waals surface area contributed by atoms with E-state index < -0.39 is 16.7 Å². The van der Waals surface area contributed by atoms with Gasteiger partial charge in [0.15, 0.2) is 0 Å². The molecule has 1 N–H and O–H groups in total. The predicted molar refractivity (Wildman–Crippen MR) is 87.9 cm³/mol. The van der Waals surface area contributed by atoms with Gasteiger partial charge in [-0.2, -0.15) is 13.2 Å². The third-order valence-electron chi connectivity index (χ3n) is 3.77. The highest BCUT2D eigenvalue weighted by atomic mass is 19.4. The summed E-state index contributed by atoms with van der Waals surface area (Å²) in [6, 6.07) is 9.65. The molecule has 0 saturated heterocycles. The number of anilines is 2. The summed E-state index contributed by atoms with van der Waals surface area (Å²) in [7, 11) is 0. The third-order valence-corrected chi connectivity index (χ3v) is 3.77. The van der Waals surface area contributed by atoms with Crippen LogP contribution in [0.15, 0.2) is 48.7 Å². The molecule has 0 amide bonds. The van der Waals surface area contributed by atoms with Crippen molar-refractivity contribution < 1.29 is 18.1 Å². The zero-order valence-corrected chi connectivity index (χ0v) is 13.0. The lowest BCUT2D eigenvalue weighted by Crippen LogP contribution is -2.07. The van der Waals surface area contributed by atoms with Crippen LogP contribution in [0.2, 0.25) is 0 Å². The van der Waals surface area contributed by atoms with Crippen molar-refractivity contribution in [2.75, 3.05) is 5.32 Å². The number of halogens is 3. The first-order valence-corrected chi connectivity index (χ1v) is 7.24. The molecule has 0 aliphatic carbocycles. The van der Waals surface area contributed by atoms with Gasteiger partial charge in [0.1, 0.15) is 0 Å². The number of non-ortho nitro benzene ring substituents is 1. The Morgan fingerprint density at radius 2 is 1.88 bits per heavy atom. The van der Waals surface area contributed by atoms with E-state index >= 15 is 0 Å². The molecule has 2 aromatic carbocycles. The number of fused-ring (bicyclic) bond motifs is 1. The fraction of sp³-hybridized carbons (Fsp3) is 0.118. The number of benzene rings is 2. The first-order valence-electron chi connectivity index (χ1n) is 7.24. The van der Waals surface area contributed by atoms with E-state index in [0.717, 1.165) is 6.07 Å². The molecule has 5 nitrogen and oxygen atoms in total. The van der Waals surface area contributed by atoms with E-state index in [1.54, 1.807) is 19.1 Å². The Morgan fingerprint density at radius 1 is 1.12 bits per heavy atom. The molecule has 128 valence electrons. The van der Waals surface area contributed by atoms with Crippen molar-refractivity contribution in [2.24, 2.45) is 0 Å². The van der Waals surface area contributed by atoms with Gasteiger partial charge in [-0.25, -0.2) is 0 Å². The molecule has 0 spiro atoms. The van der Waals surface area contributed by atoms with Crippen LogP contribution in [0.4, 0.5) is 30.2 Å². The SMILES string of the molecule is Cc1cc([N+](=O)[O-])ccc1Nc1ccnc2c(C(F)(F)F)cccc12. The van der Waals surface area contributed by atoms with Crippen LogP contribution in [0.5, 0.6) is 0 Å². The fourth-order valence-electron chi connectivity index (χ4n) is 2.56. The standard InChI is InChI=1S/C17H12F3N3O2/c1-10-9-11(23(24)25)5-6-14(10)22-15-7-8-21-16-12(15)3-2-4-13(16)17(18,19)20/h2-9H,1H3,(H,21,22). The smallest absolute Gasteiger partial charge is 0.355 e. The average molecular weight is 347 g/mol. The largest absolute Gasteiger partial charge is 0.418 e. The number of pyridine rings is 1. The van der Waals surface area contributed by atoms with Gasteiger partial charge in [-0.3, -0.25) is 15.1 Å². The highest BCUT2D eigenvalue weighted by Gasteiger charge is 2.33. The molecule has 0 unspecified atom stereocenters. The lowest BCUT2D eigenvalue weighted by molar-refractivity contribution is -0.384. The van der Waals surface area contributed by atoms with E-state index in [2.05, 4.69) is 10.3 Å². The molecule has 0 fully saturated rings. The Bertz CT molecular complexity index is 971. The number of nitrogens with one attached hydrogen (secondary N) is 1. The van der Waals surface area contributed by atoms with E-state index in [1.807, 2.05) is 0 Å². The van der Waals surface area contributed by atoms with Gasteiger partial charge in [-0.05, 0) is 30.7 Å². The van der Waals surface area contributed by atoms with Gasteiger partial charge in [-0.15, -0.1) is 0 Å². The third kappa shape index (κ3) is 3.23. The first kappa shape index (κ1) is 16.7. The minimum Gasteiger partial charge on any atom is -0.355 e. The van der Waals surface area contributed by atoms with Gasteiger partial charge >= 0.3 is 6.18 Å². The average Bonchev–Trinajstić information content (AvgIpc) is 2.55. The predicted octanol–water partition coefficient (Wildman–Crippen LogP) is 5.21. The molecular formula is C17H12F3N3O2. The van der Waals surface area contributed by atoms with E-state index in [-0.39, 0.29) is 11.2 Å². The number of rotatable bonds is 3. The topological polar surface area (TPSA) is 68.1 Å². The minimum atomic E-state index is -4.51. The van der Waals surface area contributed by atoms with E-state index in [0.29, 0.717) is 22.3 Å². The van der Waals surface area contributed by atoms with Gasteiger partial charge in [0.2, 0.25) is 0 Å². The van der Waals surface area contributed by atoms with Crippen molar-refractivity contribution in [3.8, 4) is 0 Å². The van der Waals surface area contributed by atoms with Crippen LogP contribution in [-0.2, 0) is 6.18 Å². The number of nitro benzene ring substituents is 1. The summed E-state index contributed by atoms with van der Waals surface area (Å²) in [5, 5.41) is 14.1. The Balaban J connectivity index is 2.07. The zero-order valence-electron chi connectivity index (χ0n) is 13.0. The molecule has 25 heavy (non-hydrogen) atoms. The zero-order chi connectivity index (χ0) is 18.2. The molecule has 0 atom stereocenters. The number of alkyl halides is 3. The summed E-state index contributed by atoms with van der Waals surface area (Å²) >= 11 is 0. The van der Waals surface area contributed by atoms with Crippen molar-refractivity contribution in [2.45, 2.75) is 13.1 Å². The van der Waals surface area contributed by atoms with Crippen molar-refractivity contribution in [3.63, 3.8) is 0 Å². The number of aromatic nitrogens is 1. The molecule has 0 saturated carbocycles. The summed E-state index contributed by atoms with van der Waals surface area (Å²) in [4.78, 5) is 14.2. The Kier molecular flexibility index (Phi) is 4.03. The van der Waals surface area contributed by atoms with Gasteiger partial charge in [-0.1, -0.05) is 12.1 Å². The van der Waals surface area contributed by atoms with Gasteiger partial charge in [0, 0.05) is 35.1 Å². The molecule has 3 aromatic rings. The number of hydrogen-bond donors (Lipinski definition) is 1. The molecule has 0 aliphatic heterocycles. The second kappa shape index (κ2) is 6.04. The Hall–Kier alpha value is -3.16. The van der Waals surface area contributed by atoms with E-state index in [9.17, 15) is 23.3 Å². The van der Waals surface area contributed by atoms with Crippen LogP contribution in [0, 0.1) is 17.0 Å². The Morgan fingerprint density at radius 3 is 2.52 bits per heavy atom. The van der Waals surface area contributed by atoms with Crippen LogP contribution in [0.3, 0.4) is 0 Å². The van der Waals surface area contributed by atoms with Crippen molar-refractivity contribution >= 4 is 28.0 Å². The highest BCUT2D eigenvalue weighted by Crippen LogP contribution is 2.36. The normalized spacial score (nSPS) is 11.5. The van der Waals surface area contributed by atoms with E-state index in [1.165, 1.54) is 30.5 Å². The summed E-state index contributed by atoms with van der Waals surface area (Å²) < 4.78 is 39.4. The number of nitro groups is 1. The summed E-state index contributed by atoms with van der Waals surface area (Å²) in [6.07, 6.45) is -3.21. The first-order chi connectivity index (χ1) is 11.8. The summed E-state index contributed by atoms with van der Waals surface area (Å²) in [6.45, 7) is 1.68. The van der Waals surface area contributed by atoms with Crippen molar-refractivity contribution in [1.29, 1.82) is 0 Å². The Labute approximate surface area is 140 Å². The lowest BCUT2D eigenvalue weighted by atomic mass is 10.1.